The van der Waals surface area contributed by atoms with Crippen LogP contribution in [0.25, 0.3) is 22.1 Å². The highest BCUT2D eigenvalue weighted by atomic mass is 16.3. The molecule has 4 rings (SSSR count). The fourth-order valence-corrected chi connectivity index (χ4v) is 2.50. The number of aromatic nitrogens is 2. The molecule has 108 valence electrons. The first-order valence-electron chi connectivity index (χ1n) is 6.94. The molecule has 0 atom stereocenters. The fourth-order valence-electron chi connectivity index (χ4n) is 2.50. The lowest BCUT2D eigenvalue weighted by Gasteiger charge is -2.06. The van der Waals surface area contributed by atoms with Gasteiger partial charge >= 0.3 is 0 Å². The lowest BCUT2D eigenvalue weighted by atomic mass is 10.2. The fraction of sp³-hybridized carbons (Fsp3) is 0.0588. The van der Waals surface area contributed by atoms with Gasteiger partial charge < -0.3 is 14.8 Å². The Bertz CT molecular complexity index is 962. The van der Waals surface area contributed by atoms with Gasteiger partial charge in [-0.15, -0.1) is 0 Å². The number of nitrogens with zero attached hydrogens (tertiary/aromatic N) is 2. The topological polar surface area (TPSA) is 71.2 Å². The van der Waals surface area contributed by atoms with Crippen LogP contribution in [-0.2, 0) is 6.61 Å². The second kappa shape index (κ2) is 5.13. The number of hydrogen-bond donors (Lipinski definition) is 2. The molecule has 0 fully saturated rings. The number of furan rings is 1. The quantitative estimate of drug-likeness (QED) is 0.603. The van der Waals surface area contributed by atoms with Gasteiger partial charge in [-0.3, -0.25) is 0 Å². The van der Waals surface area contributed by atoms with E-state index in [1.165, 1.54) is 6.33 Å². The molecule has 0 aliphatic heterocycles. The third-order valence-corrected chi connectivity index (χ3v) is 3.53. The van der Waals surface area contributed by atoms with Gasteiger partial charge in [-0.25, -0.2) is 9.97 Å². The van der Waals surface area contributed by atoms with E-state index >= 15 is 0 Å². The molecule has 0 unspecified atom stereocenters. The molecule has 5 heteroatoms. The minimum absolute atomic E-state index is 0.000653. The van der Waals surface area contributed by atoms with E-state index in [0.717, 1.165) is 27.7 Å². The van der Waals surface area contributed by atoms with Crippen molar-refractivity contribution in [2.45, 2.75) is 6.61 Å². The summed E-state index contributed by atoms with van der Waals surface area (Å²) in [5.41, 5.74) is 3.86. The molecule has 4 aromatic rings. The van der Waals surface area contributed by atoms with Gasteiger partial charge in [-0.05, 0) is 29.8 Å². The van der Waals surface area contributed by atoms with Crippen LogP contribution in [0.5, 0.6) is 0 Å². The second-order valence-electron chi connectivity index (χ2n) is 4.98. The first-order valence-corrected chi connectivity index (χ1v) is 6.94. The lowest BCUT2D eigenvalue weighted by molar-refractivity contribution is 0.282. The van der Waals surface area contributed by atoms with Crippen molar-refractivity contribution < 1.29 is 9.52 Å². The minimum Gasteiger partial charge on any atom is -0.450 e. The summed E-state index contributed by atoms with van der Waals surface area (Å²) in [6.45, 7) is -0.000653. The Morgan fingerprint density at radius 1 is 1.05 bits per heavy atom. The SMILES string of the molecule is OCc1cccc(Nc2ncnc3c2oc2ccccc23)c1. The van der Waals surface area contributed by atoms with E-state index < -0.39 is 0 Å². The number of fused-ring (bicyclic) bond motifs is 3. The Labute approximate surface area is 126 Å². The third kappa shape index (κ3) is 2.08. The van der Waals surface area contributed by atoms with Crippen molar-refractivity contribution in [1.82, 2.24) is 9.97 Å². The van der Waals surface area contributed by atoms with Crippen LogP contribution in [0.15, 0.2) is 59.3 Å². The van der Waals surface area contributed by atoms with Crippen LogP contribution in [0.4, 0.5) is 11.5 Å². The summed E-state index contributed by atoms with van der Waals surface area (Å²) in [6, 6.07) is 15.3. The van der Waals surface area contributed by atoms with Crippen LogP contribution < -0.4 is 5.32 Å². The second-order valence-corrected chi connectivity index (χ2v) is 4.98. The molecule has 0 spiro atoms. The van der Waals surface area contributed by atoms with Crippen LogP contribution in [0.2, 0.25) is 0 Å². The number of benzene rings is 2. The maximum absolute atomic E-state index is 9.22. The largest absolute Gasteiger partial charge is 0.450 e. The minimum atomic E-state index is -0.000653. The van der Waals surface area contributed by atoms with E-state index in [9.17, 15) is 5.11 Å². The number of nitrogens with one attached hydrogen (secondary N) is 1. The maximum Gasteiger partial charge on any atom is 0.196 e. The number of aliphatic hydroxyl groups excluding tert-OH is 1. The summed E-state index contributed by atoms with van der Waals surface area (Å²) in [7, 11) is 0. The molecule has 2 N–H and O–H groups in total. The zero-order valence-corrected chi connectivity index (χ0v) is 11.7. The van der Waals surface area contributed by atoms with Crippen molar-refractivity contribution in [3.63, 3.8) is 0 Å². The summed E-state index contributed by atoms with van der Waals surface area (Å²) in [5.74, 6) is 0.608. The average Bonchev–Trinajstić information content (AvgIpc) is 2.95. The number of rotatable bonds is 3. The maximum atomic E-state index is 9.22. The molecule has 2 aromatic carbocycles. The summed E-state index contributed by atoms with van der Waals surface area (Å²) in [6.07, 6.45) is 1.52. The number of para-hydroxylation sites is 1. The highest BCUT2D eigenvalue weighted by Gasteiger charge is 2.12. The standard InChI is InChI=1S/C17H13N3O2/c21-9-11-4-3-5-12(8-11)20-17-16-15(18-10-19-17)13-6-1-2-7-14(13)22-16/h1-8,10,21H,9H2,(H,18,19,20). The van der Waals surface area contributed by atoms with E-state index in [0.29, 0.717) is 11.4 Å². The van der Waals surface area contributed by atoms with Gasteiger partial charge in [-0.2, -0.15) is 0 Å². The Kier molecular flexibility index (Phi) is 2.98. The lowest BCUT2D eigenvalue weighted by Crippen LogP contribution is -1.95. The van der Waals surface area contributed by atoms with E-state index in [1.54, 1.807) is 0 Å². The van der Waals surface area contributed by atoms with Gasteiger partial charge in [-0.1, -0.05) is 24.3 Å². The van der Waals surface area contributed by atoms with E-state index in [1.807, 2.05) is 48.5 Å². The van der Waals surface area contributed by atoms with Crippen molar-refractivity contribution in [3.05, 3.63) is 60.4 Å². The summed E-state index contributed by atoms with van der Waals surface area (Å²) in [5, 5.41) is 13.4. The average molecular weight is 291 g/mol. The van der Waals surface area contributed by atoms with Crippen molar-refractivity contribution >= 4 is 33.6 Å². The van der Waals surface area contributed by atoms with Gasteiger partial charge in [0, 0.05) is 11.1 Å². The van der Waals surface area contributed by atoms with Crippen molar-refractivity contribution in [3.8, 4) is 0 Å². The molecule has 0 aliphatic rings. The molecular formula is C17H13N3O2. The van der Waals surface area contributed by atoms with Gasteiger partial charge in [0.05, 0.1) is 6.61 Å². The zero-order chi connectivity index (χ0) is 14.9. The smallest absolute Gasteiger partial charge is 0.196 e. The Morgan fingerprint density at radius 2 is 1.95 bits per heavy atom. The normalized spacial score (nSPS) is 11.1. The van der Waals surface area contributed by atoms with Crippen molar-refractivity contribution in [2.24, 2.45) is 0 Å². The summed E-state index contributed by atoms with van der Waals surface area (Å²) < 4.78 is 5.88. The highest BCUT2D eigenvalue weighted by Crippen LogP contribution is 2.31. The number of anilines is 2. The van der Waals surface area contributed by atoms with Gasteiger partial charge in [0.15, 0.2) is 11.4 Å². The van der Waals surface area contributed by atoms with Crippen LogP contribution in [0.3, 0.4) is 0 Å². The van der Waals surface area contributed by atoms with Crippen LogP contribution in [0, 0.1) is 0 Å². The first-order chi connectivity index (χ1) is 10.8. The molecule has 0 aliphatic carbocycles. The molecule has 22 heavy (non-hydrogen) atoms. The molecule has 5 nitrogen and oxygen atoms in total. The van der Waals surface area contributed by atoms with Gasteiger partial charge in [0.1, 0.15) is 17.4 Å². The van der Waals surface area contributed by atoms with E-state index in [2.05, 4.69) is 15.3 Å². The Balaban J connectivity index is 1.84. The van der Waals surface area contributed by atoms with Crippen LogP contribution in [-0.4, -0.2) is 15.1 Å². The van der Waals surface area contributed by atoms with Crippen molar-refractivity contribution in [1.29, 1.82) is 0 Å². The molecule has 0 saturated heterocycles. The van der Waals surface area contributed by atoms with Crippen molar-refractivity contribution in [2.75, 3.05) is 5.32 Å². The number of hydrogen-bond acceptors (Lipinski definition) is 5. The third-order valence-electron chi connectivity index (χ3n) is 3.53. The monoisotopic (exact) mass is 291 g/mol. The molecule has 0 bridgehead atoms. The van der Waals surface area contributed by atoms with Crippen LogP contribution >= 0.6 is 0 Å². The molecule has 0 radical (unpaired) electrons. The predicted molar refractivity (Wildman–Crippen MR) is 85.0 cm³/mol. The van der Waals surface area contributed by atoms with Gasteiger partial charge in [0.2, 0.25) is 0 Å². The number of aliphatic hydroxyl groups is 1. The molecule has 0 amide bonds. The summed E-state index contributed by atoms with van der Waals surface area (Å²) in [4.78, 5) is 8.59. The molecule has 2 aromatic heterocycles. The first kappa shape index (κ1) is 12.8. The predicted octanol–water partition coefficient (Wildman–Crippen LogP) is 3.61. The van der Waals surface area contributed by atoms with Gasteiger partial charge in [0.25, 0.3) is 0 Å². The zero-order valence-electron chi connectivity index (χ0n) is 11.7. The van der Waals surface area contributed by atoms with E-state index in [-0.39, 0.29) is 6.61 Å². The molecule has 2 heterocycles. The molecule has 0 saturated carbocycles. The molecular weight excluding hydrogens is 278 g/mol. The Morgan fingerprint density at radius 3 is 2.86 bits per heavy atom. The van der Waals surface area contributed by atoms with Crippen LogP contribution in [0.1, 0.15) is 5.56 Å². The summed E-state index contributed by atoms with van der Waals surface area (Å²) >= 11 is 0. The van der Waals surface area contributed by atoms with E-state index in [4.69, 9.17) is 4.42 Å². The Hall–Kier alpha value is -2.92. The highest BCUT2D eigenvalue weighted by molar-refractivity contribution is 6.05.